The van der Waals surface area contributed by atoms with E-state index in [2.05, 4.69) is 24.5 Å². The van der Waals surface area contributed by atoms with Crippen molar-refractivity contribution < 1.29 is 19.1 Å². The number of rotatable bonds is 6. The van der Waals surface area contributed by atoms with E-state index in [1.807, 2.05) is 24.3 Å². The van der Waals surface area contributed by atoms with Crippen LogP contribution in [0.25, 0.3) is 0 Å². The number of thioether (sulfide) groups is 1. The third-order valence-electron chi connectivity index (χ3n) is 4.79. The maximum atomic E-state index is 12.3. The molecule has 0 radical (unpaired) electrons. The highest BCUT2D eigenvalue weighted by atomic mass is 32.2. The van der Waals surface area contributed by atoms with Crippen molar-refractivity contribution in [1.82, 2.24) is 0 Å². The van der Waals surface area contributed by atoms with Crippen LogP contribution >= 0.6 is 11.8 Å². The summed E-state index contributed by atoms with van der Waals surface area (Å²) >= 11 is 1.56. The Balaban J connectivity index is 1.55. The fourth-order valence-electron chi connectivity index (χ4n) is 2.89. The smallest absolute Gasteiger partial charge is 0.338 e. The van der Waals surface area contributed by atoms with Crippen molar-refractivity contribution in [1.29, 1.82) is 0 Å². The molecule has 2 aromatic rings. The molecule has 1 heterocycles. The number of nitrogens with one attached hydrogen (secondary N) is 2. The van der Waals surface area contributed by atoms with Crippen LogP contribution in [0, 0.1) is 0 Å². The van der Waals surface area contributed by atoms with Crippen LogP contribution in [0.2, 0.25) is 0 Å². The van der Waals surface area contributed by atoms with Crippen LogP contribution in [0.15, 0.2) is 47.4 Å². The van der Waals surface area contributed by atoms with Crippen molar-refractivity contribution in [2.75, 3.05) is 23.0 Å². The highest BCUT2D eigenvalue weighted by Gasteiger charge is 2.17. The minimum absolute atomic E-state index is 0.0829. The van der Waals surface area contributed by atoms with Gasteiger partial charge in [0, 0.05) is 22.8 Å². The molecule has 0 fully saturated rings. The van der Waals surface area contributed by atoms with Gasteiger partial charge in [-0.25, -0.2) is 4.79 Å². The van der Waals surface area contributed by atoms with E-state index in [0.29, 0.717) is 29.5 Å². The Morgan fingerprint density at radius 2 is 1.97 bits per heavy atom. The van der Waals surface area contributed by atoms with Gasteiger partial charge in [-0.05, 0) is 48.2 Å². The SMILES string of the molecule is CC[C@@H](C)c1ccc(NC(=O)COC(=O)c2ccc3c(c2)NC(=O)CCS3)cc1. The first kappa shape index (κ1) is 20.9. The second-order valence-corrected chi connectivity index (χ2v) is 8.05. The van der Waals surface area contributed by atoms with Gasteiger partial charge < -0.3 is 15.4 Å². The molecule has 1 atom stereocenters. The minimum Gasteiger partial charge on any atom is -0.452 e. The number of fused-ring (bicyclic) bond motifs is 1. The zero-order valence-corrected chi connectivity index (χ0v) is 17.3. The van der Waals surface area contributed by atoms with Gasteiger partial charge in [0.05, 0.1) is 11.3 Å². The second kappa shape index (κ2) is 9.60. The molecular weight excluding hydrogens is 388 g/mol. The number of amides is 2. The molecule has 0 aliphatic carbocycles. The summed E-state index contributed by atoms with van der Waals surface area (Å²) in [4.78, 5) is 37.0. The van der Waals surface area contributed by atoms with Gasteiger partial charge in [-0.1, -0.05) is 26.0 Å². The monoisotopic (exact) mass is 412 g/mol. The van der Waals surface area contributed by atoms with Crippen molar-refractivity contribution >= 4 is 40.9 Å². The molecule has 0 aromatic heterocycles. The summed E-state index contributed by atoms with van der Waals surface area (Å²) in [5.41, 5.74) is 2.75. The first-order valence-corrected chi connectivity index (χ1v) is 10.6. The van der Waals surface area contributed by atoms with Crippen molar-refractivity contribution in [3.05, 3.63) is 53.6 Å². The van der Waals surface area contributed by atoms with Gasteiger partial charge in [0.25, 0.3) is 5.91 Å². The quantitative estimate of drug-likeness (QED) is 0.686. The van der Waals surface area contributed by atoms with Gasteiger partial charge in [-0.3, -0.25) is 9.59 Å². The van der Waals surface area contributed by atoms with E-state index in [9.17, 15) is 14.4 Å². The number of ether oxygens (including phenoxy) is 1. The molecule has 2 N–H and O–H groups in total. The number of hydrogen-bond donors (Lipinski definition) is 2. The van der Waals surface area contributed by atoms with Crippen LogP contribution in [0.4, 0.5) is 11.4 Å². The molecule has 29 heavy (non-hydrogen) atoms. The Labute approximate surface area is 174 Å². The molecular formula is C22H24N2O4S. The van der Waals surface area contributed by atoms with E-state index >= 15 is 0 Å². The van der Waals surface area contributed by atoms with E-state index in [1.54, 1.807) is 30.0 Å². The summed E-state index contributed by atoms with van der Waals surface area (Å²) < 4.78 is 5.12. The lowest BCUT2D eigenvalue weighted by atomic mass is 9.99. The number of hydrogen-bond acceptors (Lipinski definition) is 5. The molecule has 1 aliphatic rings. The number of carbonyl (C=O) groups excluding carboxylic acids is 3. The lowest BCUT2D eigenvalue weighted by Gasteiger charge is -2.11. The maximum Gasteiger partial charge on any atom is 0.338 e. The van der Waals surface area contributed by atoms with Crippen LogP contribution in [0.5, 0.6) is 0 Å². The lowest BCUT2D eigenvalue weighted by molar-refractivity contribution is -0.119. The number of carbonyl (C=O) groups is 3. The van der Waals surface area contributed by atoms with Gasteiger partial charge in [-0.2, -0.15) is 0 Å². The molecule has 0 unspecified atom stereocenters. The Morgan fingerprint density at radius 3 is 2.69 bits per heavy atom. The Bertz CT molecular complexity index is 912. The molecule has 1 aliphatic heterocycles. The lowest BCUT2D eigenvalue weighted by Crippen LogP contribution is -2.21. The molecule has 0 spiro atoms. The highest BCUT2D eigenvalue weighted by Crippen LogP contribution is 2.31. The molecule has 7 heteroatoms. The van der Waals surface area contributed by atoms with Crippen LogP contribution in [-0.4, -0.2) is 30.1 Å². The molecule has 2 aromatic carbocycles. The average molecular weight is 413 g/mol. The van der Waals surface area contributed by atoms with Crippen LogP contribution in [0.3, 0.4) is 0 Å². The third-order valence-corrected chi connectivity index (χ3v) is 5.86. The van der Waals surface area contributed by atoms with Crippen molar-refractivity contribution in [3.8, 4) is 0 Å². The van der Waals surface area contributed by atoms with Crippen molar-refractivity contribution in [2.24, 2.45) is 0 Å². The summed E-state index contributed by atoms with van der Waals surface area (Å²) in [6, 6.07) is 12.6. The topological polar surface area (TPSA) is 84.5 Å². The average Bonchev–Trinajstić information content (AvgIpc) is 2.91. The zero-order valence-electron chi connectivity index (χ0n) is 16.5. The van der Waals surface area contributed by atoms with E-state index in [0.717, 1.165) is 11.3 Å². The standard InChI is InChI=1S/C22H24N2O4S/c1-3-14(2)15-4-7-17(8-5-15)23-21(26)13-28-22(27)16-6-9-19-18(12-16)24-20(25)10-11-29-19/h4-9,12,14H,3,10-11,13H2,1-2H3,(H,23,26)(H,24,25)/t14-/m1/s1. The summed E-state index contributed by atoms with van der Waals surface area (Å²) in [7, 11) is 0. The molecule has 2 amide bonds. The molecule has 6 nitrogen and oxygen atoms in total. The molecule has 0 saturated carbocycles. The summed E-state index contributed by atoms with van der Waals surface area (Å²) in [6.07, 6.45) is 1.48. The van der Waals surface area contributed by atoms with Crippen LogP contribution in [-0.2, 0) is 14.3 Å². The predicted molar refractivity (Wildman–Crippen MR) is 114 cm³/mol. The molecule has 0 bridgehead atoms. The van der Waals surface area contributed by atoms with Gasteiger partial charge in [0.2, 0.25) is 5.91 Å². The van der Waals surface area contributed by atoms with Crippen molar-refractivity contribution in [3.63, 3.8) is 0 Å². The van der Waals surface area contributed by atoms with Gasteiger partial charge in [0.15, 0.2) is 6.61 Å². The van der Waals surface area contributed by atoms with E-state index in [-0.39, 0.29) is 18.1 Å². The Kier molecular flexibility index (Phi) is 6.93. The van der Waals surface area contributed by atoms with E-state index in [1.165, 1.54) is 5.56 Å². The van der Waals surface area contributed by atoms with Gasteiger partial charge >= 0.3 is 5.97 Å². The van der Waals surface area contributed by atoms with Crippen molar-refractivity contribution in [2.45, 2.75) is 37.5 Å². The first-order valence-electron chi connectivity index (χ1n) is 9.60. The van der Waals surface area contributed by atoms with Gasteiger partial charge in [-0.15, -0.1) is 11.8 Å². The fraction of sp³-hybridized carbons (Fsp3) is 0.318. The predicted octanol–water partition coefficient (Wildman–Crippen LogP) is 4.43. The molecule has 0 saturated heterocycles. The maximum absolute atomic E-state index is 12.3. The minimum atomic E-state index is -0.612. The normalized spacial score (nSPS) is 14.2. The number of esters is 1. The highest BCUT2D eigenvalue weighted by molar-refractivity contribution is 7.99. The molecule has 152 valence electrons. The third kappa shape index (κ3) is 5.60. The van der Waals surface area contributed by atoms with Gasteiger partial charge in [0.1, 0.15) is 0 Å². The number of anilines is 2. The Morgan fingerprint density at radius 1 is 1.21 bits per heavy atom. The number of benzene rings is 2. The Hall–Kier alpha value is -2.80. The molecule has 3 rings (SSSR count). The largest absolute Gasteiger partial charge is 0.452 e. The summed E-state index contributed by atoms with van der Waals surface area (Å²) in [6.45, 7) is 3.90. The van der Waals surface area contributed by atoms with E-state index < -0.39 is 11.9 Å². The van der Waals surface area contributed by atoms with Crippen LogP contribution in [0.1, 0.15) is 48.5 Å². The second-order valence-electron chi connectivity index (χ2n) is 6.91. The summed E-state index contributed by atoms with van der Waals surface area (Å²) in [5, 5.41) is 5.51. The van der Waals surface area contributed by atoms with Crippen LogP contribution < -0.4 is 10.6 Å². The zero-order chi connectivity index (χ0) is 20.8. The first-order chi connectivity index (χ1) is 14.0. The fourth-order valence-corrected chi connectivity index (χ4v) is 3.83. The summed E-state index contributed by atoms with van der Waals surface area (Å²) in [5.74, 6) is 0.0540. The van der Waals surface area contributed by atoms with E-state index in [4.69, 9.17) is 4.74 Å².